The molecule has 0 atom stereocenters. The predicted molar refractivity (Wildman–Crippen MR) is 96.2 cm³/mol. The van der Waals surface area contributed by atoms with Gasteiger partial charge in [-0.2, -0.15) is 5.10 Å². The second-order valence-electron chi connectivity index (χ2n) is 4.73. The van der Waals surface area contributed by atoms with Crippen molar-refractivity contribution in [3.63, 3.8) is 0 Å². The number of ether oxygens (including phenoxy) is 1. The first-order chi connectivity index (χ1) is 12.2. The van der Waals surface area contributed by atoms with Gasteiger partial charge < -0.3 is 9.26 Å². The number of hydrogen-bond donors (Lipinski definition) is 1. The van der Waals surface area contributed by atoms with Crippen molar-refractivity contribution in [2.75, 3.05) is 12.0 Å². The zero-order valence-corrected chi connectivity index (χ0v) is 14.7. The molecule has 2 aromatic heterocycles. The lowest BCUT2D eigenvalue weighted by Crippen LogP contribution is -2.04. The molecule has 0 aliphatic rings. The maximum absolute atomic E-state index is 11.6. The molecule has 9 heteroatoms. The molecule has 1 aromatic carbocycles. The summed E-state index contributed by atoms with van der Waals surface area (Å²) in [5.74, 6) is -0.155. The van der Waals surface area contributed by atoms with Crippen molar-refractivity contribution >= 4 is 40.3 Å². The number of benzene rings is 1. The normalized spacial score (nSPS) is 11.0. The number of carbonyl (C=O) groups excluding carboxylic acids is 1. The van der Waals surface area contributed by atoms with Gasteiger partial charge in [0.05, 0.1) is 12.8 Å². The van der Waals surface area contributed by atoms with E-state index >= 15 is 0 Å². The molecule has 128 valence electrons. The van der Waals surface area contributed by atoms with E-state index in [2.05, 4.69) is 20.7 Å². The van der Waals surface area contributed by atoms with Gasteiger partial charge in [-0.3, -0.25) is 5.43 Å². The Balaban J connectivity index is 1.66. The van der Waals surface area contributed by atoms with Gasteiger partial charge in [-0.1, -0.05) is 35.0 Å². The molecule has 0 unspecified atom stereocenters. The Kier molecular flexibility index (Phi) is 5.42. The molecule has 0 saturated heterocycles. The van der Waals surface area contributed by atoms with Crippen LogP contribution in [0.4, 0.5) is 5.13 Å². The van der Waals surface area contributed by atoms with Crippen LogP contribution in [0.25, 0.3) is 11.5 Å². The monoisotopic (exact) mass is 376 g/mol. The van der Waals surface area contributed by atoms with Crippen molar-refractivity contribution < 1.29 is 14.1 Å². The SMILES string of the molecule is CCOC(=O)c1cc(-c2csc(N/N=C\c3ccccc3Cl)n2)on1. The quantitative estimate of drug-likeness (QED) is 0.396. The molecule has 3 aromatic rings. The van der Waals surface area contributed by atoms with Crippen molar-refractivity contribution in [2.24, 2.45) is 5.10 Å². The number of hydrogen-bond acceptors (Lipinski definition) is 8. The number of halogens is 1. The lowest BCUT2D eigenvalue weighted by molar-refractivity contribution is 0.0514. The summed E-state index contributed by atoms with van der Waals surface area (Å²) in [6.45, 7) is 2.00. The van der Waals surface area contributed by atoms with Gasteiger partial charge in [0.2, 0.25) is 5.13 Å². The number of nitrogens with zero attached hydrogens (tertiary/aromatic N) is 3. The maximum atomic E-state index is 11.6. The number of carbonyl (C=O) groups is 1. The van der Waals surface area contributed by atoms with Crippen LogP contribution in [-0.4, -0.2) is 28.9 Å². The van der Waals surface area contributed by atoms with Crippen LogP contribution in [0, 0.1) is 0 Å². The van der Waals surface area contributed by atoms with Gasteiger partial charge in [0.25, 0.3) is 0 Å². The topological polar surface area (TPSA) is 89.6 Å². The molecule has 0 aliphatic carbocycles. The smallest absolute Gasteiger partial charge is 0.360 e. The second kappa shape index (κ2) is 7.91. The molecule has 1 N–H and O–H groups in total. The van der Waals surface area contributed by atoms with E-state index < -0.39 is 5.97 Å². The molecule has 2 heterocycles. The van der Waals surface area contributed by atoms with Crippen molar-refractivity contribution in [3.05, 3.63) is 52.0 Å². The molecule has 0 saturated carbocycles. The summed E-state index contributed by atoms with van der Waals surface area (Å²) in [6, 6.07) is 8.85. The molecular formula is C16H13ClN4O3S. The van der Waals surface area contributed by atoms with E-state index in [4.69, 9.17) is 20.9 Å². The fraction of sp³-hybridized carbons (Fsp3) is 0.125. The van der Waals surface area contributed by atoms with Gasteiger partial charge in [0, 0.05) is 22.0 Å². The molecule has 0 aliphatic heterocycles. The number of thiazole rings is 1. The summed E-state index contributed by atoms with van der Waals surface area (Å²) in [4.78, 5) is 15.9. The Morgan fingerprint density at radius 1 is 1.48 bits per heavy atom. The highest BCUT2D eigenvalue weighted by atomic mass is 35.5. The summed E-state index contributed by atoms with van der Waals surface area (Å²) >= 11 is 7.39. The standard InChI is InChI=1S/C16H13ClN4O3S/c1-2-23-15(22)12-7-14(24-21-12)13-9-25-16(19-13)20-18-8-10-5-3-4-6-11(10)17/h3-9H,2H2,1H3,(H,19,20)/b18-8-. The number of esters is 1. The first kappa shape index (κ1) is 17.1. The van der Waals surface area contributed by atoms with Gasteiger partial charge in [-0.05, 0) is 13.0 Å². The second-order valence-corrected chi connectivity index (χ2v) is 5.99. The molecule has 7 nitrogen and oxygen atoms in total. The van der Waals surface area contributed by atoms with E-state index in [0.29, 0.717) is 21.6 Å². The summed E-state index contributed by atoms with van der Waals surface area (Å²) < 4.78 is 10.00. The van der Waals surface area contributed by atoms with Crippen LogP contribution in [-0.2, 0) is 4.74 Å². The minimum atomic E-state index is -0.532. The Bertz CT molecular complexity index is 906. The Morgan fingerprint density at radius 3 is 3.12 bits per heavy atom. The van der Waals surface area contributed by atoms with Crippen LogP contribution in [0.1, 0.15) is 23.0 Å². The average molecular weight is 377 g/mol. The molecule has 25 heavy (non-hydrogen) atoms. The number of rotatable bonds is 6. The van der Waals surface area contributed by atoms with Gasteiger partial charge in [0.1, 0.15) is 5.69 Å². The van der Waals surface area contributed by atoms with Crippen molar-refractivity contribution in [1.29, 1.82) is 0 Å². The highest BCUT2D eigenvalue weighted by Gasteiger charge is 2.16. The third-order valence-electron chi connectivity index (χ3n) is 3.02. The summed E-state index contributed by atoms with van der Waals surface area (Å²) in [5, 5.41) is 10.7. The zero-order valence-electron chi connectivity index (χ0n) is 13.1. The van der Waals surface area contributed by atoms with Crippen LogP contribution in [0.5, 0.6) is 0 Å². The Labute approximate surface area is 152 Å². The maximum Gasteiger partial charge on any atom is 0.360 e. The molecule has 3 rings (SSSR count). The molecule has 0 spiro atoms. The van der Waals surface area contributed by atoms with Gasteiger partial charge >= 0.3 is 5.97 Å². The minimum Gasteiger partial charge on any atom is -0.461 e. The lowest BCUT2D eigenvalue weighted by Gasteiger charge is -1.96. The van der Waals surface area contributed by atoms with E-state index in [1.807, 2.05) is 18.2 Å². The predicted octanol–water partition coefficient (Wildman–Crippen LogP) is 4.07. The first-order valence-corrected chi connectivity index (χ1v) is 8.56. The van der Waals surface area contributed by atoms with Crippen LogP contribution < -0.4 is 5.43 Å². The number of nitrogens with one attached hydrogen (secondary N) is 1. The Morgan fingerprint density at radius 2 is 2.32 bits per heavy atom. The summed E-state index contributed by atoms with van der Waals surface area (Å²) in [5.41, 5.74) is 4.27. The molecule has 0 bridgehead atoms. The number of hydrazone groups is 1. The van der Waals surface area contributed by atoms with E-state index in [0.717, 1.165) is 5.56 Å². The highest BCUT2D eigenvalue weighted by molar-refractivity contribution is 7.14. The van der Waals surface area contributed by atoms with Crippen molar-refractivity contribution in [3.8, 4) is 11.5 Å². The molecule has 0 radical (unpaired) electrons. The lowest BCUT2D eigenvalue weighted by atomic mass is 10.2. The van der Waals surface area contributed by atoms with Crippen LogP contribution in [0.2, 0.25) is 5.02 Å². The minimum absolute atomic E-state index is 0.107. The Hall–Kier alpha value is -2.71. The first-order valence-electron chi connectivity index (χ1n) is 7.30. The number of anilines is 1. The summed E-state index contributed by atoms with van der Waals surface area (Å²) in [7, 11) is 0. The summed E-state index contributed by atoms with van der Waals surface area (Å²) in [6.07, 6.45) is 1.61. The number of aromatic nitrogens is 2. The van der Waals surface area contributed by atoms with E-state index in [-0.39, 0.29) is 12.3 Å². The fourth-order valence-corrected chi connectivity index (χ4v) is 2.71. The van der Waals surface area contributed by atoms with E-state index in [1.54, 1.807) is 24.6 Å². The van der Waals surface area contributed by atoms with Gasteiger partial charge in [0.15, 0.2) is 11.5 Å². The zero-order chi connectivity index (χ0) is 17.6. The molecule has 0 amide bonds. The van der Waals surface area contributed by atoms with Crippen molar-refractivity contribution in [2.45, 2.75) is 6.92 Å². The fourth-order valence-electron chi connectivity index (χ4n) is 1.87. The van der Waals surface area contributed by atoms with Crippen molar-refractivity contribution in [1.82, 2.24) is 10.1 Å². The average Bonchev–Trinajstić information content (AvgIpc) is 3.26. The van der Waals surface area contributed by atoms with Gasteiger partial charge in [-0.25, -0.2) is 9.78 Å². The third-order valence-corrected chi connectivity index (χ3v) is 4.11. The third kappa shape index (κ3) is 4.23. The van der Waals surface area contributed by atoms with Crippen LogP contribution in [0.3, 0.4) is 0 Å². The largest absolute Gasteiger partial charge is 0.461 e. The molecular weight excluding hydrogens is 364 g/mol. The highest BCUT2D eigenvalue weighted by Crippen LogP contribution is 2.25. The van der Waals surface area contributed by atoms with Crippen LogP contribution >= 0.6 is 22.9 Å². The van der Waals surface area contributed by atoms with Crippen LogP contribution in [0.15, 0.2) is 45.3 Å². The van der Waals surface area contributed by atoms with Gasteiger partial charge in [-0.15, -0.1) is 11.3 Å². The van der Waals surface area contributed by atoms with E-state index in [9.17, 15) is 4.79 Å². The van der Waals surface area contributed by atoms with E-state index in [1.165, 1.54) is 17.4 Å². The molecule has 0 fully saturated rings.